The van der Waals surface area contributed by atoms with E-state index >= 15 is 0 Å². The van der Waals surface area contributed by atoms with Crippen LogP contribution in [0.1, 0.15) is 56.7 Å². The maximum absolute atomic E-state index is 12.9. The first kappa shape index (κ1) is 17.8. The zero-order valence-corrected chi connectivity index (χ0v) is 16.2. The maximum Gasteiger partial charge on any atom is 0.253 e. The molecule has 0 bridgehead atoms. The number of ether oxygens (including phenoxy) is 1. The van der Waals surface area contributed by atoms with E-state index in [1.807, 2.05) is 62.1 Å². The molecule has 4 nitrogen and oxygen atoms in total. The summed E-state index contributed by atoms with van der Waals surface area (Å²) in [7, 11) is 0. The van der Waals surface area contributed by atoms with Crippen molar-refractivity contribution in [3.63, 3.8) is 0 Å². The lowest BCUT2D eigenvalue weighted by Crippen LogP contribution is -2.52. The van der Waals surface area contributed by atoms with Crippen LogP contribution in [-0.4, -0.2) is 35.3 Å². The van der Waals surface area contributed by atoms with Crippen LogP contribution in [0, 0.1) is 20.8 Å². The van der Waals surface area contributed by atoms with Gasteiger partial charge in [0.25, 0.3) is 5.91 Å². The first-order valence-electron chi connectivity index (χ1n) is 9.56. The molecular weight excluding hydrogens is 338 g/mol. The number of hydrogen-bond acceptors (Lipinski definition) is 3. The van der Waals surface area contributed by atoms with Crippen molar-refractivity contribution in [3.05, 3.63) is 64.2 Å². The first-order chi connectivity index (χ1) is 12.9. The van der Waals surface area contributed by atoms with Gasteiger partial charge < -0.3 is 9.64 Å². The molecule has 1 amide bonds. The minimum absolute atomic E-state index is 0.0612. The normalized spacial score (nSPS) is 18.2. The van der Waals surface area contributed by atoms with Crippen LogP contribution < -0.4 is 4.74 Å². The average molecular weight is 363 g/mol. The lowest BCUT2D eigenvalue weighted by atomic mass is 9.82. The fourth-order valence-electron chi connectivity index (χ4n) is 4.06. The second kappa shape index (κ2) is 6.52. The summed E-state index contributed by atoms with van der Waals surface area (Å²) in [6, 6.07) is 11.6. The van der Waals surface area contributed by atoms with Crippen LogP contribution in [0.5, 0.6) is 5.75 Å². The molecule has 27 heavy (non-hydrogen) atoms. The Morgan fingerprint density at radius 1 is 1.00 bits per heavy atom. The predicted molar refractivity (Wildman–Crippen MR) is 105 cm³/mol. The molecule has 0 atom stereocenters. The molecule has 140 valence electrons. The minimum Gasteiger partial charge on any atom is -0.486 e. The molecular formula is C23H25NO3. The Labute approximate surface area is 160 Å². The van der Waals surface area contributed by atoms with E-state index in [4.69, 9.17) is 4.74 Å². The predicted octanol–water partition coefficient (Wildman–Crippen LogP) is 4.25. The van der Waals surface area contributed by atoms with E-state index in [0.29, 0.717) is 43.7 Å². The summed E-state index contributed by atoms with van der Waals surface area (Å²) in [6.07, 6.45) is 1.76. The molecule has 0 aliphatic carbocycles. The van der Waals surface area contributed by atoms with Crippen molar-refractivity contribution in [3.8, 4) is 5.75 Å². The third kappa shape index (κ3) is 3.25. The molecule has 2 aromatic rings. The summed E-state index contributed by atoms with van der Waals surface area (Å²) >= 11 is 0. The number of Topliss-reactive ketones (excluding diaryl/α,β-unsaturated/α-hetero) is 1. The smallest absolute Gasteiger partial charge is 0.253 e. The Bertz CT molecular complexity index is 923. The van der Waals surface area contributed by atoms with Gasteiger partial charge in [0.15, 0.2) is 5.78 Å². The van der Waals surface area contributed by atoms with Crippen molar-refractivity contribution in [1.82, 2.24) is 4.90 Å². The molecule has 2 aromatic carbocycles. The monoisotopic (exact) mass is 363 g/mol. The molecule has 0 aromatic heterocycles. The number of carbonyl (C=O) groups is 2. The Morgan fingerprint density at radius 3 is 2.44 bits per heavy atom. The highest BCUT2D eigenvalue weighted by Gasteiger charge is 2.43. The second-order valence-corrected chi connectivity index (χ2v) is 7.98. The molecule has 0 radical (unpaired) electrons. The number of rotatable bonds is 1. The van der Waals surface area contributed by atoms with Crippen molar-refractivity contribution in [1.29, 1.82) is 0 Å². The number of piperidine rings is 1. The molecule has 2 aliphatic heterocycles. The van der Waals surface area contributed by atoms with E-state index in [1.54, 1.807) is 0 Å². The van der Waals surface area contributed by atoms with Crippen molar-refractivity contribution in [2.75, 3.05) is 13.1 Å². The van der Waals surface area contributed by atoms with Gasteiger partial charge in [0.1, 0.15) is 11.4 Å². The topological polar surface area (TPSA) is 46.6 Å². The van der Waals surface area contributed by atoms with E-state index in [9.17, 15) is 9.59 Å². The fourth-order valence-corrected chi connectivity index (χ4v) is 4.06. The van der Waals surface area contributed by atoms with E-state index < -0.39 is 5.60 Å². The highest BCUT2D eigenvalue weighted by Crippen LogP contribution is 2.39. The number of hydrogen-bond donors (Lipinski definition) is 0. The summed E-state index contributed by atoms with van der Waals surface area (Å²) in [6.45, 7) is 7.28. The molecule has 0 N–H and O–H groups in total. The minimum atomic E-state index is -0.473. The van der Waals surface area contributed by atoms with Gasteiger partial charge in [-0.1, -0.05) is 17.7 Å². The molecule has 0 unspecified atom stereocenters. The van der Waals surface area contributed by atoms with Gasteiger partial charge in [0.2, 0.25) is 0 Å². The standard InChI is InChI=1S/C23H25NO3/c1-15-4-7-21-19(12-15)20(25)14-23(27-21)8-10-24(11-9-23)22(26)18-6-5-16(2)17(3)13-18/h4-7,12-13H,8-11,14H2,1-3H3. The number of likely N-dealkylation sites (tertiary alicyclic amines) is 1. The average Bonchev–Trinajstić information content (AvgIpc) is 2.65. The van der Waals surface area contributed by atoms with Gasteiger partial charge >= 0.3 is 0 Å². The number of benzene rings is 2. The zero-order valence-electron chi connectivity index (χ0n) is 16.2. The molecule has 1 fully saturated rings. The number of ketones is 1. The lowest BCUT2D eigenvalue weighted by molar-refractivity contribution is -0.00572. The second-order valence-electron chi connectivity index (χ2n) is 7.98. The summed E-state index contributed by atoms with van der Waals surface area (Å²) in [5.41, 5.74) is 4.33. The number of fused-ring (bicyclic) bond motifs is 1. The van der Waals surface area contributed by atoms with Crippen molar-refractivity contribution in [2.45, 2.75) is 45.6 Å². The van der Waals surface area contributed by atoms with Gasteiger partial charge in [-0.15, -0.1) is 0 Å². The van der Waals surface area contributed by atoms with Crippen LogP contribution in [0.4, 0.5) is 0 Å². The van der Waals surface area contributed by atoms with Crippen LogP contribution in [0.15, 0.2) is 36.4 Å². The summed E-state index contributed by atoms with van der Waals surface area (Å²) in [5.74, 6) is 0.894. The van der Waals surface area contributed by atoms with Gasteiger partial charge in [0.05, 0.1) is 12.0 Å². The Balaban J connectivity index is 1.49. The number of amides is 1. The molecule has 4 rings (SSSR count). The van der Waals surface area contributed by atoms with Gasteiger partial charge in [-0.3, -0.25) is 9.59 Å². The van der Waals surface area contributed by atoms with Gasteiger partial charge in [-0.2, -0.15) is 0 Å². The molecule has 0 saturated carbocycles. The summed E-state index contributed by atoms with van der Waals surface area (Å²) in [4.78, 5) is 27.4. The highest BCUT2D eigenvalue weighted by molar-refractivity contribution is 6.00. The third-order valence-corrected chi connectivity index (χ3v) is 5.96. The van der Waals surface area contributed by atoms with Crippen LogP contribution in [0.25, 0.3) is 0 Å². The van der Waals surface area contributed by atoms with E-state index in [0.717, 1.165) is 16.7 Å². The van der Waals surface area contributed by atoms with Crippen molar-refractivity contribution < 1.29 is 14.3 Å². The van der Waals surface area contributed by atoms with Gasteiger partial charge in [-0.05, 0) is 56.2 Å². The summed E-state index contributed by atoms with van der Waals surface area (Å²) in [5, 5.41) is 0. The fraction of sp³-hybridized carbons (Fsp3) is 0.391. The zero-order chi connectivity index (χ0) is 19.2. The molecule has 4 heteroatoms. The molecule has 2 aliphatic rings. The van der Waals surface area contributed by atoms with Crippen LogP contribution in [-0.2, 0) is 0 Å². The number of nitrogens with zero attached hydrogens (tertiary/aromatic N) is 1. The maximum atomic E-state index is 12.9. The quantitative estimate of drug-likeness (QED) is 0.761. The van der Waals surface area contributed by atoms with Crippen LogP contribution >= 0.6 is 0 Å². The Hall–Kier alpha value is -2.62. The highest BCUT2D eigenvalue weighted by atomic mass is 16.5. The third-order valence-electron chi connectivity index (χ3n) is 5.96. The Morgan fingerprint density at radius 2 is 1.74 bits per heavy atom. The van der Waals surface area contributed by atoms with Crippen LogP contribution in [0.2, 0.25) is 0 Å². The van der Waals surface area contributed by atoms with Crippen LogP contribution in [0.3, 0.4) is 0 Å². The molecule has 1 spiro atoms. The van der Waals surface area contributed by atoms with Crippen molar-refractivity contribution in [2.24, 2.45) is 0 Å². The first-order valence-corrected chi connectivity index (χ1v) is 9.56. The van der Waals surface area contributed by atoms with Gasteiger partial charge in [-0.25, -0.2) is 0 Å². The summed E-state index contributed by atoms with van der Waals surface area (Å²) < 4.78 is 6.30. The Kier molecular flexibility index (Phi) is 4.29. The largest absolute Gasteiger partial charge is 0.486 e. The van der Waals surface area contributed by atoms with Crippen molar-refractivity contribution >= 4 is 11.7 Å². The SMILES string of the molecule is Cc1ccc2c(c1)C(=O)CC1(CCN(C(=O)c3ccc(C)c(C)c3)CC1)O2. The molecule has 1 saturated heterocycles. The van der Waals surface area contributed by atoms with E-state index in [-0.39, 0.29) is 11.7 Å². The number of carbonyl (C=O) groups excluding carboxylic acids is 2. The van der Waals surface area contributed by atoms with Gasteiger partial charge in [0, 0.05) is 31.5 Å². The molecule has 2 heterocycles. The van der Waals surface area contributed by atoms with E-state index in [1.165, 1.54) is 5.56 Å². The number of aryl methyl sites for hydroxylation is 3. The van der Waals surface area contributed by atoms with E-state index in [2.05, 4.69) is 0 Å². The lowest BCUT2D eigenvalue weighted by Gasteiger charge is -2.44.